The Morgan fingerprint density at radius 2 is 2.06 bits per heavy atom. The van der Waals surface area contributed by atoms with Crippen molar-refractivity contribution in [3.63, 3.8) is 0 Å². The Bertz CT molecular complexity index is 544. The van der Waals surface area contributed by atoms with Crippen molar-refractivity contribution >= 4 is 22.9 Å². The van der Waals surface area contributed by atoms with Crippen LogP contribution in [0.25, 0.3) is 0 Å². The Morgan fingerprint density at radius 1 is 1.28 bits per heavy atom. The first-order valence-electron chi connectivity index (χ1n) is 4.72. The SMILES string of the molecule is FC(F)(F)c1cccc(Oc2nnc(CCl)s2)c1. The lowest BCUT2D eigenvalue weighted by molar-refractivity contribution is -0.137. The average molecular weight is 295 g/mol. The normalized spacial score (nSPS) is 11.6. The lowest BCUT2D eigenvalue weighted by Crippen LogP contribution is -2.04. The molecule has 0 aliphatic carbocycles. The Balaban J connectivity index is 2.19. The minimum atomic E-state index is -4.40. The van der Waals surface area contributed by atoms with Crippen LogP contribution in [0.1, 0.15) is 10.6 Å². The molecule has 0 saturated carbocycles. The van der Waals surface area contributed by atoms with E-state index < -0.39 is 11.7 Å². The van der Waals surface area contributed by atoms with E-state index in [-0.39, 0.29) is 16.8 Å². The van der Waals surface area contributed by atoms with Crippen LogP contribution >= 0.6 is 22.9 Å². The first-order valence-corrected chi connectivity index (χ1v) is 6.07. The maximum absolute atomic E-state index is 12.5. The van der Waals surface area contributed by atoms with Gasteiger partial charge in [0, 0.05) is 0 Å². The third kappa shape index (κ3) is 3.11. The molecule has 2 rings (SSSR count). The molecule has 1 aromatic heterocycles. The Kier molecular flexibility index (Phi) is 3.72. The molecule has 0 unspecified atom stereocenters. The molecule has 0 fully saturated rings. The molecule has 0 aliphatic rings. The third-order valence-electron chi connectivity index (χ3n) is 1.93. The summed E-state index contributed by atoms with van der Waals surface area (Å²) in [6, 6.07) is 4.55. The van der Waals surface area contributed by atoms with Crippen molar-refractivity contribution in [1.82, 2.24) is 10.2 Å². The molecule has 0 radical (unpaired) electrons. The van der Waals surface area contributed by atoms with Gasteiger partial charge in [0.25, 0.3) is 5.19 Å². The largest absolute Gasteiger partial charge is 0.430 e. The van der Waals surface area contributed by atoms with E-state index in [0.717, 1.165) is 23.5 Å². The minimum absolute atomic E-state index is 0.0575. The van der Waals surface area contributed by atoms with Gasteiger partial charge in [-0.25, -0.2) is 0 Å². The summed E-state index contributed by atoms with van der Waals surface area (Å²) in [4.78, 5) is 0. The van der Waals surface area contributed by atoms with E-state index in [4.69, 9.17) is 16.3 Å². The molecule has 0 bridgehead atoms. The number of ether oxygens (including phenoxy) is 1. The van der Waals surface area contributed by atoms with Crippen LogP contribution in [0.3, 0.4) is 0 Å². The van der Waals surface area contributed by atoms with Gasteiger partial charge in [0.05, 0.1) is 11.4 Å². The predicted octanol–water partition coefficient (Wildman–Crippen LogP) is 4.09. The lowest BCUT2D eigenvalue weighted by Gasteiger charge is -2.07. The van der Waals surface area contributed by atoms with Crippen molar-refractivity contribution in [3.05, 3.63) is 34.8 Å². The summed E-state index contributed by atoms with van der Waals surface area (Å²) in [5.74, 6) is 0.242. The molecule has 0 saturated heterocycles. The highest BCUT2D eigenvalue weighted by Gasteiger charge is 2.30. The van der Waals surface area contributed by atoms with Gasteiger partial charge in [-0.1, -0.05) is 22.5 Å². The smallest absolute Gasteiger partial charge is 0.416 e. The monoisotopic (exact) mass is 294 g/mol. The third-order valence-corrected chi connectivity index (χ3v) is 3.14. The molecule has 8 heteroatoms. The molecule has 1 aromatic carbocycles. The molecule has 3 nitrogen and oxygen atoms in total. The summed E-state index contributed by atoms with van der Waals surface area (Å²) >= 11 is 6.62. The van der Waals surface area contributed by atoms with Crippen molar-refractivity contribution in [1.29, 1.82) is 0 Å². The van der Waals surface area contributed by atoms with Gasteiger partial charge in [-0.3, -0.25) is 0 Å². The number of hydrogen-bond donors (Lipinski definition) is 0. The first kappa shape index (κ1) is 13.1. The van der Waals surface area contributed by atoms with E-state index in [1.165, 1.54) is 12.1 Å². The fourth-order valence-corrected chi connectivity index (χ4v) is 1.94. The number of halogens is 4. The fourth-order valence-electron chi connectivity index (χ4n) is 1.17. The zero-order valence-corrected chi connectivity index (χ0v) is 10.3. The molecule has 0 aliphatic heterocycles. The Morgan fingerprint density at radius 3 is 2.67 bits per heavy atom. The number of alkyl halides is 4. The van der Waals surface area contributed by atoms with Crippen LogP contribution in [0.2, 0.25) is 0 Å². The van der Waals surface area contributed by atoms with Gasteiger partial charge in [-0.2, -0.15) is 13.2 Å². The molecule has 0 spiro atoms. The number of benzene rings is 1. The molecule has 18 heavy (non-hydrogen) atoms. The zero-order valence-electron chi connectivity index (χ0n) is 8.74. The summed E-state index contributed by atoms with van der Waals surface area (Å²) in [6.07, 6.45) is -4.40. The molecule has 0 N–H and O–H groups in total. The maximum atomic E-state index is 12.5. The molecular weight excluding hydrogens is 289 g/mol. The summed E-state index contributed by atoms with van der Waals surface area (Å²) < 4.78 is 42.6. The topological polar surface area (TPSA) is 35.0 Å². The van der Waals surface area contributed by atoms with E-state index in [1.807, 2.05) is 0 Å². The highest BCUT2D eigenvalue weighted by molar-refractivity contribution is 7.13. The van der Waals surface area contributed by atoms with E-state index in [9.17, 15) is 13.2 Å². The van der Waals surface area contributed by atoms with Crippen LogP contribution in [-0.2, 0) is 12.1 Å². The predicted molar refractivity (Wildman–Crippen MR) is 61.0 cm³/mol. The quantitative estimate of drug-likeness (QED) is 0.800. The highest BCUT2D eigenvalue weighted by atomic mass is 35.5. The molecule has 96 valence electrons. The van der Waals surface area contributed by atoms with Crippen LogP contribution < -0.4 is 4.74 Å². The molecule has 2 aromatic rings. The maximum Gasteiger partial charge on any atom is 0.416 e. The Hall–Kier alpha value is -1.34. The number of aromatic nitrogens is 2. The van der Waals surface area contributed by atoms with Crippen LogP contribution in [0.4, 0.5) is 13.2 Å². The first-order chi connectivity index (χ1) is 8.49. The number of nitrogens with zero attached hydrogens (tertiary/aromatic N) is 2. The number of rotatable bonds is 3. The van der Waals surface area contributed by atoms with Crippen LogP contribution in [0, 0.1) is 0 Å². The van der Waals surface area contributed by atoms with Gasteiger partial charge < -0.3 is 4.74 Å². The summed E-state index contributed by atoms with van der Waals surface area (Å²) in [5, 5.41) is 8.04. The van der Waals surface area contributed by atoms with Crippen molar-refractivity contribution in [2.24, 2.45) is 0 Å². The molecule has 0 amide bonds. The van der Waals surface area contributed by atoms with E-state index in [2.05, 4.69) is 10.2 Å². The van der Waals surface area contributed by atoms with Crippen molar-refractivity contribution in [2.45, 2.75) is 12.1 Å². The second kappa shape index (κ2) is 5.11. The summed E-state index contributed by atoms with van der Waals surface area (Å²) in [7, 11) is 0. The minimum Gasteiger partial charge on any atom is -0.430 e. The summed E-state index contributed by atoms with van der Waals surface area (Å²) in [6.45, 7) is 0. The Labute approximate surface area is 109 Å². The van der Waals surface area contributed by atoms with Crippen LogP contribution in [0.5, 0.6) is 10.9 Å². The van der Waals surface area contributed by atoms with E-state index in [0.29, 0.717) is 5.01 Å². The van der Waals surface area contributed by atoms with Crippen molar-refractivity contribution in [3.8, 4) is 10.9 Å². The molecular formula is C10H6ClF3N2OS. The van der Waals surface area contributed by atoms with Crippen molar-refractivity contribution in [2.75, 3.05) is 0 Å². The average Bonchev–Trinajstić information content (AvgIpc) is 2.76. The summed E-state index contributed by atoms with van der Waals surface area (Å²) in [5.41, 5.74) is -0.776. The van der Waals surface area contributed by atoms with Gasteiger partial charge >= 0.3 is 6.18 Å². The second-order valence-electron chi connectivity index (χ2n) is 3.22. The fraction of sp³-hybridized carbons (Fsp3) is 0.200. The van der Waals surface area contributed by atoms with E-state index in [1.54, 1.807) is 0 Å². The zero-order chi connectivity index (χ0) is 13.2. The van der Waals surface area contributed by atoms with Crippen LogP contribution in [-0.4, -0.2) is 10.2 Å². The van der Waals surface area contributed by atoms with Gasteiger partial charge in [0.15, 0.2) is 0 Å². The highest BCUT2D eigenvalue weighted by Crippen LogP contribution is 2.33. The van der Waals surface area contributed by atoms with Gasteiger partial charge in [-0.05, 0) is 18.2 Å². The van der Waals surface area contributed by atoms with E-state index >= 15 is 0 Å². The van der Waals surface area contributed by atoms with Gasteiger partial charge in [0.1, 0.15) is 10.8 Å². The van der Waals surface area contributed by atoms with Crippen LogP contribution in [0.15, 0.2) is 24.3 Å². The molecule has 0 atom stereocenters. The standard InChI is InChI=1S/C10H6ClF3N2OS/c11-5-8-15-16-9(18-8)17-7-3-1-2-6(4-7)10(12,13)14/h1-4H,5H2. The van der Waals surface area contributed by atoms with Crippen molar-refractivity contribution < 1.29 is 17.9 Å². The lowest BCUT2D eigenvalue weighted by atomic mass is 10.2. The second-order valence-corrected chi connectivity index (χ2v) is 4.51. The van der Waals surface area contributed by atoms with Gasteiger partial charge in [0.2, 0.25) is 0 Å². The van der Waals surface area contributed by atoms with Gasteiger partial charge in [-0.15, -0.1) is 16.7 Å². The molecule has 1 heterocycles. The number of hydrogen-bond acceptors (Lipinski definition) is 4.